The smallest absolute Gasteiger partial charge is 0.258 e. The van der Waals surface area contributed by atoms with E-state index in [4.69, 9.17) is 0 Å². The van der Waals surface area contributed by atoms with Crippen molar-refractivity contribution in [2.75, 3.05) is 0 Å². The highest BCUT2D eigenvalue weighted by Gasteiger charge is 2.02. The van der Waals surface area contributed by atoms with Crippen LogP contribution < -0.4 is 0 Å². The van der Waals surface area contributed by atoms with Gasteiger partial charge in [0.25, 0.3) is 5.69 Å². The van der Waals surface area contributed by atoms with Crippen molar-refractivity contribution in [2.45, 2.75) is 0 Å². The van der Waals surface area contributed by atoms with Crippen molar-refractivity contribution in [1.29, 1.82) is 0 Å². The zero-order valence-corrected chi connectivity index (χ0v) is 7.82. The number of rotatable bonds is 1. The fourth-order valence-corrected chi connectivity index (χ4v) is 0.711. The van der Waals surface area contributed by atoms with Crippen molar-refractivity contribution in [1.82, 2.24) is 4.98 Å². The normalized spacial score (nSPS) is 8.08. The van der Waals surface area contributed by atoms with Crippen LogP contribution in [-0.4, -0.2) is 9.91 Å². The standard InChI is InChI=1S/C5H3BrN2O2.C2H4/c6-5-2-1-4(3-7-5)8(9)10;1-2/h1-3H;1-2H2. The Morgan fingerprint density at radius 2 is 2.08 bits per heavy atom. The van der Waals surface area contributed by atoms with Crippen molar-refractivity contribution in [2.24, 2.45) is 0 Å². The highest BCUT2D eigenvalue weighted by atomic mass is 79.9. The van der Waals surface area contributed by atoms with Gasteiger partial charge >= 0.3 is 0 Å². The van der Waals surface area contributed by atoms with E-state index in [9.17, 15) is 10.1 Å². The minimum absolute atomic E-state index is 0.00296. The zero-order chi connectivity index (χ0) is 9.56. The van der Waals surface area contributed by atoms with Crippen LogP contribution in [0.25, 0.3) is 0 Å². The topological polar surface area (TPSA) is 56.0 Å². The maximum absolute atomic E-state index is 10.1. The predicted octanol–water partition coefficient (Wildman–Crippen LogP) is 2.55. The zero-order valence-electron chi connectivity index (χ0n) is 6.24. The van der Waals surface area contributed by atoms with E-state index in [-0.39, 0.29) is 5.69 Å². The summed E-state index contributed by atoms with van der Waals surface area (Å²) in [6.07, 6.45) is 1.20. The molecule has 1 aromatic rings. The summed E-state index contributed by atoms with van der Waals surface area (Å²) in [6.45, 7) is 6.00. The minimum atomic E-state index is -0.487. The molecule has 0 spiro atoms. The van der Waals surface area contributed by atoms with Gasteiger partial charge in [-0.3, -0.25) is 10.1 Å². The van der Waals surface area contributed by atoms with Gasteiger partial charge in [-0.1, -0.05) is 0 Å². The minimum Gasteiger partial charge on any atom is -0.258 e. The molecule has 0 radical (unpaired) electrons. The van der Waals surface area contributed by atoms with Crippen LogP contribution in [0, 0.1) is 10.1 Å². The van der Waals surface area contributed by atoms with Gasteiger partial charge in [0.05, 0.1) is 4.92 Å². The lowest BCUT2D eigenvalue weighted by atomic mass is 10.4. The Morgan fingerprint density at radius 1 is 1.50 bits per heavy atom. The molecule has 4 nitrogen and oxygen atoms in total. The predicted molar refractivity (Wildman–Crippen MR) is 49.8 cm³/mol. The van der Waals surface area contributed by atoms with E-state index in [1.54, 1.807) is 0 Å². The maximum atomic E-state index is 10.1. The van der Waals surface area contributed by atoms with Gasteiger partial charge in [-0.2, -0.15) is 0 Å². The van der Waals surface area contributed by atoms with Gasteiger partial charge in [0.15, 0.2) is 0 Å². The largest absolute Gasteiger partial charge is 0.287 e. The van der Waals surface area contributed by atoms with E-state index in [1.165, 1.54) is 18.3 Å². The Bertz CT molecular complexity index is 261. The van der Waals surface area contributed by atoms with Gasteiger partial charge in [0.2, 0.25) is 0 Å². The molecule has 64 valence electrons. The molecule has 0 bridgehead atoms. The van der Waals surface area contributed by atoms with E-state index < -0.39 is 4.92 Å². The summed E-state index contributed by atoms with van der Waals surface area (Å²) in [6, 6.07) is 2.91. The molecule has 0 atom stereocenters. The van der Waals surface area contributed by atoms with Gasteiger partial charge in [-0.25, -0.2) is 4.98 Å². The molecular formula is C7H7BrN2O2. The summed E-state index contributed by atoms with van der Waals surface area (Å²) in [4.78, 5) is 13.3. The molecule has 1 aromatic heterocycles. The Morgan fingerprint density at radius 3 is 2.42 bits per heavy atom. The number of hydrogen-bond donors (Lipinski definition) is 0. The summed E-state index contributed by atoms with van der Waals surface area (Å²) in [5, 5.41) is 10.1. The molecule has 0 fully saturated rings. The van der Waals surface area contributed by atoms with Crippen LogP contribution in [0.5, 0.6) is 0 Å². The van der Waals surface area contributed by atoms with Crippen LogP contribution in [0.2, 0.25) is 0 Å². The number of aromatic nitrogens is 1. The third-order valence-corrected chi connectivity index (χ3v) is 1.39. The molecule has 1 rings (SSSR count). The molecule has 0 saturated carbocycles. The second kappa shape index (κ2) is 5.42. The molecule has 5 heteroatoms. The van der Waals surface area contributed by atoms with E-state index in [1.807, 2.05) is 0 Å². The third-order valence-electron chi connectivity index (χ3n) is 0.923. The monoisotopic (exact) mass is 230 g/mol. The number of halogens is 1. The van der Waals surface area contributed by atoms with Gasteiger partial charge in [0, 0.05) is 6.07 Å². The van der Waals surface area contributed by atoms with Crippen LogP contribution in [0.4, 0.5) is 5.69 Å². The summed E-state index contributed by atoms with van der Waals surface area (Å²) in [5.41, 5.74) is 0.00296. The first-order chi connectivity index (χ1) is 5.70. The average Bonchev–Trinajstić information content (AvgIpc) is 2.09. The summed E-state index contributed by atoms with van der Waals surface area (Å²) < 4.78 is 0.595. The van der Waals surface area contributed by atoms with Crippen LogP contribution in [-0.2, 0) is 0 Å². The molecule has 0 N–H and O–H groups in total. The van der Waals surface area contributed by atoms with Crippen molar-refractivity contribution in [3.8, 4) is 0 Å². The highest BCUT2D eigenvalue weighted by Crippen LogP contribution is 2.11. The first kappa shape index (κ1) is 10.8. The second-order valence-corrected chi connectivity index (χ2v) is 2.41. The van der Waals surface area contributed by atoms with Crippen LogP contribution >= 0.6 is 15.9 Å². The van der Waals surface area contributed by atoms with E-state index in [0.29, 0.717) is 4.60 Å². The Kier molecular flexibility index (Phi) is 4.87. The van der Waals surface area contributed by atoms with Gasteiger partial charge < -0.3 is 0 Å². The molecule has 0 aromatic carbocycles. The molecule has 0 saturated heterocycles. The number of hydrogen-bond acceptors (Lipinski definition) is 3. The molecule has 0 amide bonds. The molecule has 12 heavy (non-hydrogen) atoms. The van der Waals surface area contributed by atoms with Crippen molar-refractivity contribution in [3.05, 3.63) is 46.2 Å². The Balaban J connectivity index is 0.000000561. The van der Waals surface area contributed by atoms with Crippen molar-refractivity contribution in [3.63, 3.8) is 0 Å². The fraction of sp³-hybridized carbons (Fsp3) is 0. The summed E-state index contributed by atoms with van der Waals surface area (Å²) >= 11 is 3.06. The van der Waals surface area contributed by atoms with Crippen LogP contribution in [0.15, 0.2) is 36.1 Å². The van der Waals surface area contributed by atoms with E-state index >= 15 is 0 Å². The molecule has 0 aliphatic heterocycles. The maximum Gasteiger partial charge on any atom is 0.287 e. The van der Waals surface area contributed by atoms with E-state index in [0.717, 1.165) is 0 Å². The quantitative estimate of drug-likeness (QED) is 0.323. The third kappa shape index (κ3) is 3.25. The summed E-state index contributed by atoms with van der Waals surface area (Å²) in [5.74, 6) is 0. The van der Waals surface area contributed by atoms with Crippen molar-refractivity contribution >= 4 is 21.6 Å². The number of pyridine rings is 1. The Hall–Kier alpha value is -1.23. The van der Waals surface area contributed by atoms with Gasteiger partial charge in [0.1, 0.15) is 10.8 Å². The molecule has 0 unspecified atom stereocenters. The lowest BCUT2D eigenvalue weighted by Gasteiger charge is -1.88. The van der Waals surface area contributed by atoms with Gasteiger partial charge in [-0.15, -0.1) is 13.2 Å². The van der Waals surface area contributed by atoms with E-state index in [2.05, 4.69) is 34.1 Å². The fourth-order valence-electron chi connectivity index (χ4n) is 0.476. The number of nitrogens with zero attached hydrogens (tertiary/aromatic N) is 2. The molecular weight excluding hydrogens is 224 g/mol. The number of nitro groups is 1. The van der Waals surface area contributed by atoms with Crippen molar-refractivity contribution < 1.29 is 4.92 Å². The van der Waals surface area contributed by atoms with Crippen LogP contribution in [0.1, 0.15) is 0 Å². The molecule has 0 aliphatic carbocycles. The Labute approximate surface area is 78.2 Å². The first-order valence-electron chi connectivity index (χ1n) is 2.96. The second-order valence-electron chi connectivity index (χ2n) is 1.60. The average molecular weight is 231 g/mol. The molecule has 1 heterocycles. The lowest BCUT2D eigenvalue weighted by Crippen LogP contribution is -1.87. The SMILES string of the molecule is C=C.O=[N+]([O-])c1ccc(Br)nc1. The summed E-state index contributed by atoms with van der Waals surface area (Å²) in [7, 11) is 0. The lowest BCUT2D eigenvalue weighted by molar-refractivity contribution is -0.385. The van der Waals surface area contributed by atoms with Gasteiger partial charge in [-0.05, 0) is 22.0 Å². The molecule has 0 aliphatic rings. The highest BCUT2D eigenvalue weighted by molar-refractivity contribution is 9.10. The first-order valence-corrected chi connectivity index (χ1v) is 3.75. The van der Waals surface area contributed by atoms with Crippen LogP contribution in [0.3, 0.4) is 0 Å².